The quantitative estimate of drug-likeness (QED) is 0.135. The number of fused-ring (bicyclic) bond motifs is 5. The first-order valence-electron chi connectivity index (χ1n) is 33.7. The van der Waals surface area contributed by atoms with Gasteiger partial charge in [0.15, 0.2) is 0 Å². The molecule has 0 amide bonds. The average molecular weight is 1270 g/mol. The molecule has 6 heteroatoms. The summed E-state index contributed by atoms with van der Waals surface area (Å²) < 4.78 is 108. The zero-order chi connectivity index (χ0) is 66.3. The van der Waals surface area contributed by atoms with Gasteiger partial charge in [-0.3, -0.25) is 0 Å². The van der Waals surface area contributed by atoms with E-state index in [0.717, 1.165) is 85.2 Å². The molecule has 0 unspecified atom stereocenters. The average Bonchev–Trinajstić information content (AvgIpc) is 1.05. The first-order valence-corrected chi connectivity index (χ1v) is 28.2. The van der Waals surface area contributed by atoms with Gasteiger partial charge in [-0.2, -0.15) is 12.1 Å². The van der Waals surface area contributed by atoms with Crippen LogP contribution in [0.3, 0.4) is 0 Å². The number of hydrogen-bond donors (Lipinski definition) is 0. The molecule has 0 saturated heterocycles. The summed E-state index contributed by atoms with van der Waals surface area (Å²) in [5.41, 5.74) is 11.0. The predicted molar refractivity (Wildman–Crippen MR) is 343 cm³/mol. The topological polar surface area (TPSA) is 33.5 Å². The summed E-state index contributed by atoms with van der Waals surface area (Å²) in [6.07, 6.45) is 2.93. The molecule has 83 heavy (non-hydrogen) atoms. The van der Waals surface area contributed by atoms with E-state index < -0.39 is 53.3 Å². The van der Waals surface area contributed by atoms with Gasteiger partial charge in [-0.1, -0.05) is 196 Å². The maximum Gasteiger partial charge on any atom is 0.135 e. The molecule has 418 valence electrons. The van der Waals surface area contributed by atoms with Gasteiger partial charge in [0, 0.05) is 82.1 Å². The molecule has 0 radical (unpaired) electrons. The second kappa shape index (κ2) is 21.0. The van der Waals surface area contributed by atoms with E-state index in [1.165, 1.54) is 12.3 Å². The SMILES string of the molecule is [2H]c1c([2H])c([2H])c(-c2cnc(-n3c4[c-]c(Oc5[c-]c(N6[CH-]N(c7c(-c8cc(-c9ccccc9)cc(C(C)(C)C)c8)cc(C(C)(C)C)cc7-c7c([2H])c([2H])c8c(c7[2H])C(C)(C)CCC8(C)C)c7ccccc76)ccc5)ccc4c4ccccc43)cc2C([2H])([2H])[2H])c([2H])c1[2H].[Pt]. The van der Waals surface area contributed by atoms with Crippen LogP contribution >= 0.6 is 0 Å². The Bertz CT molecular complexity index is 4860. The van der Waals surface area contributed by atoms with Crippen molar-refractivity contribution in [3.8, 4) is 61.8 Å². The Balaban J connectivity index is 0.00000848. The first-order chi connectivity index (χ1) is 43.8. The number of ether oxygens (including phenoxy) is 1. The monoisotopic (exact) mass is 1270 g/mol. The second-order valence-corrected chi connectivity index (χ2v) is 25.2. The van der Waals surface area contributed by atoms with Crippen LogP contribution in [-0.2, 0) is 42.7 Å². The van der Waals surface area contributed by atoms with Gasteiger partial charge in [0.2, 0.25) is 0 Å². The van der Waals surface area contributed by atoms with Crippen LogP contribution in [0.5, 0.6) is 11.5 Å². The van der Waals surface area contributed by atoms with E-state index >= 15 is 0 Å². The van der Waals surface area contributed by atoms with Crippen molar-refractivity contribution in [1.82, 2.24) is 9.55 Å². The molecule has 9 aromatic carbocycles. The van der Waals surface area contributed by atoms with Crippen LogP contribution in [0.15, 0.2) is 200 Å². The van der Waals surface area contributed by atoms with Crippen molar-refractivity contribution in [2.45, 2.75) is 111 Å². The smallest absolute Gasteiger partial charge is 0.135 e. The fraction of sp³-hybridized carbons (Fsp3) is 0.221. The van der Waals surface area contributed by atoms with Crippen molar-refractivity contribution in [3.05, 3.63) is 247 Å². The Morgan fingerprint density at radius 1 is 0.566 bits per heavy atom. The third kappa shape index (κ3) is 10.2. The van der Waals surface area contributed by atoms with Crippen LogP contribution in [0, 0.1) is 25.7 Å². The molecule has 0 atom stereocenters. The molecule has 0 saturated carbocycles. The van der Waals surface area contributed by atoms with E-state index in [1.54, 1.807) is 4.57 Å². The summed E-state index contributed by atoms with van der Waals surface area (Å²) in [4.78, 5) is 9.00. The Kier molecular flexibility index (Phi) is 11.1. The molecule has 0 bridgehead atoms. The fourth-order valence-corrected chi connectivity index (χ4v) is 11.7. The molecule has 0 fully saturated rings. The number of pyridine rings is 1. The maximum atomic E-state index is 10.5. The van der Waals surface area contributed by atoms with Gasteiger partial charge in [-0.05, 0) is 145 Å². The van der Waals surface area contributed by atoms with Gasteiger partial charge in [0.25, 0.3) is 0 Å². The number of para-hydroxylation sites is 3. The Morgan fingerprint density at radius 2 is 1.22 bits per heavy atom. The van der Waals surface area contributed by atoms with Gasteiger partial charge in [-0.15, -0.1) is 48.1 Å². The zero-order valence-corrected chi connectivity index (χ0v) is 50.7. The molecule has 2 aliphatic rings. The molecular formula is C77H71N4OPt-3. The van der Waals surface area contributed by atoms with Crippen LogP contribution < -0.4 is 14.5 Å². The summed E-state index contributed by atoms with van der Waals surface area (Å²) in [7, 11) is 0. The van der Waals surface area contributed by atoms with E-state index in [1.807, 2.05) is 79.5 Å². The molecule has 13 rings (SSSR count). The van der Waals surface area contributed by atoms with Gasteiger partial charge >= 0.3 is 0 Å². The Morgan fingerprint density at radius 3 is 1.95 bits per heavy atom. The summed E-state index contributed by atoms with van der Waals surface area (Å²) in [6.45, 7) is 21.2. The number of hydrogen-bond acceptors (Lipinski definition) is 4. The number of aryl methyl sites for hydroxylation is 1. The van der Waals surface area contributed by atoms with E-state index in [0.29, 0.717) is 39.3 Å². The van der Waals surface area contributed by atoms with Crippen molar-refractivity contribution in [3.63, 3.8) is 0 Å². The molecule has 5 nitrogen and oxygen atoms in total. The standard InChI is InChI=1S/C77H71N4O.Pt/c1-50-39-72(78-48-65(50)52-25-16-13-17-26-52)81-68-30-19-18-29-61(68)62-35-34-60(47-71(62)81)82-59-28-22-27-58(46-59)79-49-80(70-32-21-20-31-69(70)79)73-63(53-33-36-66-67(43-53)77(10,11)38-37-76(66,8)9)44-57(75(5,6)7)45-64(73)55-40-54(51-23-14-12-15-24-51)41-56(42-55)74(2,3)4;/h12-36,39-45,48-49H,37-38H2,1-11H3;/q-3;/i1D3,13D,16D,17D,25D,26D,33D,36D,43D;. The largest absolute Gasteiger partial charge is 0.509 e. The van der Waals surface area contributed by atoms with Crippen molar-refractivity contribution in [2.75, 3.05) is 9.80 Å². The summed E-state index contributed by atoms with van der Waals surface area (Å²) in [5.74, 6) is 0.889. The molecule has 1 aliphatic carbocycles. The van der Waals surface area contributed by atoms with Crippen molar-refractivity contribution in [2.24, 2.45) is 0 Å². The van der Waals surface area contributed by atoms with Gasteiger partial charge < -0.3 is 19.1 Å². The fourth-order valence-electron chi connectivity index (χ4n) is 11.7. The molecule has 3 heterocycles. The zero-order valence-electron chi connectivity index (χ0n) is 59.4. The maximum absolute atomic E-state index is 10.5. The van der Waals surface area contributed by atoms with Crippen molar-refractivity contribution >= 4 is 44.6 Å². The van der Waals surface area contributed by atoms with Crippen molar-refractivity contribution in [1.29, 1.82) is 0 Å². The second-order valence-electron chi connectivity index (χ2n) is 25.2. The number of anilines is 4. The minimum Gasteiger partial charge on any atom is -0.509 e. The van der Waals surface area contributed by atoms with Crippen LogP contribution in [-0.4, -0.2) is 9.55 Å². The summed E-state index contributed by atoms with van der Waals surface area (Å²) >= 11 is 0. The van der Waals surface area contributed by atoms with E-state index in [-0.39, 0.29) is 67.1 Å². The van der Waals surface area contributed by atoms with E-state index in [4.69, 9.17) is 20.7 Å². The molecular weight excluding hydrogens is 1190 g/mol. The molecule has 1 aliphatic heterocycles. The number of nitrogens with zero attached hydrogens (tertiary/aromatic N) is 4. The molecule has 2 aromatic heterocycles. The van der Waals surface area contributed by atoms with Crippen LogP contribution in [0.25, 0.3) is 72.1 Å². The van der Waals surface area contributed by atoms with E-state index in [9.17, 15) is 4.11 Å². The third-order valence-electron chi connectivity index (χ3n) is 16.6. The van der Waals surface area contributed by atoms with Gasteiger partial charge in [0.1, 0.15) is 5.82 Å². The van der Waals surface area contributed by atoms with Crippen LogP contribution in [0.2, 0.25) is 0 Å². The number of aromatic nitrogens is 2. The van der Waals surface area contributed by atoms with Gasteiger partial charge in [-0.25, -0.2) is 4.98 Å². The summed E-state index contributed by atoms with van der Waals surface area (Å²) in [6, 6.07) is 52.9. The third-order valence-corrected chi connectivity index (χ3v) is 16.6. The van der Waals surface area contributed by atoms with Crippen LogP contribution in [0.4, 0.5) is 22.7 Å². The van der Waals surface area contributed by atoms with E-state index in [2.05, 4.69) is 158 Å². The first kappa shape index (κ1) is 43.7. The minimum absolute atomic E-state index is 0. The number of benzene rings is 9. The Labute approximate surface area is 521 Å². The van der Waals surface area contributed by atoms with Crippen molar-refractivity contribution < 1.29 is 40.9 Å². The Hall–Kier alpha value is -7.98. The summed E-state index contributed by atoms with van der Waals surface area (Å²) in [5, 5.41) is 1.61. The van der Waals surface area contributed by atoms with Crippen LogP contribution in [0.1, 0.15) is 125 Å². The van der Waals surface area contributed by atoms with Gasteiger partial charge in [0.05, 0.1) is 11.0 Å². The molecule has 11 aromatic rings. The normalized spacial score (nSPS) is 16.6. The number of rotatable bonds is 9. The minimum atomic E-state index is -2.79. The molecule has 0 N–H and O–H groups in total. The predicted octanol–water partition coefficient (Wildman–Crippen LogP) is 20.9. The molecule has 0 spiro atoms.